The zero-order valence-electron chi connectivity index (χ0n) is 19.0. The molecular formula is C24H23F3N4O4. The molecule has 1 saturated heterocycles. The molecule has 2 amide bonds. The molecule has 1 aliphatic rings. The zero-order chi connectivity index (χ0) is 25.2. The molecule has 0 radical (unpaired) electrons. The van der Waals surface area contributed by atoms with Crippen LogP contribution in [0.4, 0.5) is 18.9 Å². The highest BCUT2D eigenvalue weighted by atomic mass is 19.4. The summed E-state index contributed by atoms with van der Waals surface area (Å²) in [7, 11) is 3.03. The number of nitrogens with zero attached hydrogens (tertiary/aromatic N) is 3. The van der Waals surface area contributed by atoms with Crippen LogP contribution in [0.3, 0.4) is 0 Å². The average molecular weight is 488 g/mol. The molecule has 11 heteroatoms. The summed E-state index contributed by atoms with van der Waals surface area (Å²) >= 11 is 0. The van der Waals surface area contributed by atoms with E-state index >= 15 is 0 Å². The zero-order valence-corrected chi connectivity index (χ0v) is 19.0. The Hall–Kier alpha value is -4.02. The van der Waals surface area contributed by atoms with Crippen LogP contribution in [-0.4, -0.2) is 42.4 Å². The first kappa shape index (κ1) is 24.1. The molecule has 0 spiro atoms. The maximum absolute atomic E-state index is 12.8. The summed E-state index contributed by atoms with van der Waals surface area (Å²) in [6.45, 7) is 0.410. The van der Waals surface area contributed by atoms with E-state index in [1.54, 1.807) is 42.5 Å². The van der Waals surface area contributed by atoms with Crippen molar-refractivity contribution < 1.29 is 32.2 Å². The second-order valence-electron chi connectivity index (χ2n) is 7.97. The summed E-state index contributed by atoms with van der Waals surface area (Å²) < 4.78 is 50.0. The van der Waals surface area contributed by atoms with Crippen LogP contribution in [-0.2, 0) is 22.3 Å². The van der Waals surface area contributed by atoms with Gasteiger partial charge in [0.05, 0.1) is 31.5 Å². The van der Waals surface area contributed by atoms with Gasteiger partial charge in [0.1, 0.15) is 11.5 Å². The van der Waals surface area contributed by atoms with Crippen molar-refractivity contribution in [1.82, 2.24) is 15.1 Å². The van der Waals surface area contributed by atoms with E-state index < -0.39 is 17.8 Å². The van der Waals surface area contributed by atoms with Gasteiger partial charge in [-0.3, -0.25) is 9.59 Å². The van der Waals surface area contributed by atoms with Crippen LogP contribution in [0.25, 0.3) is 5.69 Å². The number of alkyl halides is 3. The van der Waals surface area contributed by atoms with Crippen LogP contribution in [0.1, 0.15) is 17.7 Å². The van der Waals surface area contributed by atoms with Gasteiger partial charge in [-0.2, -0.15) is 18.3 Å². The second kappa shape index (κ2) is 9.69. The van der Waals surface area contributed by atoms with Crippen LogP contribution in [0, 0.1) is 5.92 Å². The molecule has 0 bridgehead atoms. The second-order valence-corrected chi connectivity index (χ2v) is 7.97. The first-order valence-corrected chi connectivity index (χ1v) is 10.7. The normalized spacial score (nSPS) is 15.9. The van der Waals surface area contributed by atoms with Gasteiger partial charge >= 0.3 is 6.18 Å². The van der Waals surface area contributed by atoms with Crippen LogP contribution in [0.15, 0.2) is 54.7 Å². The minimum Gasteiger partial charge on any atom is -0.497 e. The van der Waals surface area contributed by atoms with Crippen molar-refractivity contribution in [1.29, 1.82) is 0 Å². The molecule has 1 atom stereocenters. The number of hydrogen-bond acceptors (Lipinski definition) is 5. The molecule has 4 rings (SSSR count). The van der Waals surface area contributed by atoms with Gasteiger partial charge in [0, 0.05) is 31.8 Å². The van der Waals surface area contributed by atoms with Crippen molar-refractivity contribution in [3.05, 3.63) is 66.0 Å². The number of halogens is 3. The van der Waals surface area contributed by atoms with Crippen LogP contribution < -0.4 is 19.7 Å². The highest BCUT2D eigenvalue weighted by molar-refractivity contribution is 6.01. The largest absolute Gasteiger partial charge is 0.497 e. The van der Waals surface area contributed by atoms with Crippen molar-refractivity contribution >= 4 is 17.5 Å². The molecule has 184 valence electrons. The van der Waals surface area contributed by atoms with Gasteiger partial charge in [-0.15, -0.1) is 0 Å². The van der Waals surface area contributed by atoms with E-state index in [2.05, 4.69) is 10.4 Å². The van der Waals surface area contributed by atoms with Gasteiger partial charge in [0.25, 0.3) is 0 Å². The van der Waals surface area contributed by atoms with Crippen molar-refractivity contribution in [2.45, 2.75) is 19.1 Å². The monoisotopic (exact) mass is 488 g/mol. The minimum absolute atomic E-state index is 0.0615. The number of carbonyl (C=O) groups excluding carboxylic acids is 2. The minimum atomic E-state index is -4.51. The number of carbonyl (C=O) groups is 2. The number of amides is 2. The summed E-state index contributed by atoms with van der Waals surface area (Å²) in [6.07, 6.45) is -3.21. The van der Waals surface area contributed by atoms with Crippen LogP contribution >= 0.6 is 0 Å². The van der Waals surface area contributed by atoms with Gasteiger partial charge in [-0.25, -0.2) is 4.68 Å². The molecule has 1 N–H and O–H groups in total. The molecule has 1 unspecified atom stereocenters. The molecular weight excluding hydrogens is 465 g/mol. The summed E-state index contributed by atoms with van der Waals surface area (Å²) in [6, 6.07) is 12.6. The summed E-state index contributed by atoms with van der Waals surface area (Å²) in [4.78, 5) is 26.9. The summed E-state index contributed by atoms with van der Waals surface area (Å²) in [5.41, 5.74) is 0.774. The Labute approximate surface area is 199 Å². The van der Waals surface area contributed by atoms with E-state index in [9.17, 15) is 22.8 Å². The fourth-order valence-electron chi connectivity index (χ4n) is 3.84. The quantitative estimate of drug-likeness (QED) is 0.550. The number of rotatable bonds is 7. The molecule has 8 nitrogen and oxygen atoms in total. The van der Waals surface area contributed by atoms with Gasteiger partial charge in [0.15, 0.2) is 5.69 Å². The number of anilines is 1. The molecule has 35 heavy (non-hydrogen) atoms. The standard InChI is InChI=1S/C24H23F3N4O4/c1-34-18-7-8-20(35-2)19(12-18)30-14-16(11-22(30)32)23(33)28-13-15-3-5-17(6-4-15)31-10-9-21(29-31)24(25,26)27/h3-10,12,16H,11,13-14H2,1-2H3,(H,28,33). The number of hydrogen-bond donors (Lipinski definition) is 1. The highest BCUT2D eigenvalue weighted by Crippen LogP contribution is 2.36. The smallest absolute Gasteiger partial charge is 0.435 e. The lowest BCUT2D eigenvalue weighted by Gasteiger charge is -2.20. The Balaban J connectivity index is 1.37. The number of benzene rings is 2. The van der Waals surface area contributed by atoms with E-state index in [4.69, 9.17) is 9.47 Å². The first-order valence-electron chi connectivity index (χ1n) is 10.7. The number of aromatic nitrogens is 2. The van der Waals surface area contributed by atoms with Gasteiger partial charge in [0.2, 0.25) is 11.8 Å². The fourth-order valence-corrected chi connectivity index (χ4v) is 3.84. The van der Waals surface area contributed by atoms with Crippen molar-refractivity contribution in [3.63, 3.8) is 0 Å². The third kappa shape index (κ3) is 5.23. The predicted octanol–water partition coefficient (Wildman–Crippen LogP) is 3.58. The van der Waals surface area contributed by atoms with E-state index in [1.807, 2.05) is 0 Å². The number of nitrogens with one attached hydrogen (secondary N) is 1. The van der Waals surface area contributed by atoms with Gasteiger partial charge < -0.3 is 19.7 Å². The van der Waals surface area contributed by atoms with Crippen LogP contribution in [0.2, 0.25) is 0 Å². The molecule has 0 aliphatic carbocycles. The fraction of sp³-hybridized carbons (Fsp3) is 0.292. The topological polar surface area (TPSA) is 85.7 Å². The number of methoxy groups -OCH3 is 2. The maximum atomic E-state index is 12.8. The highest BCUT2D eigenvalue weighted by Gasteiger charge is 2.36. The lowest BCUT2D eigenvalue weighted by molar-refractivity contribution is -0.141. The molecule has 0 saturated carbocycles. The third-order valence-corrected chi connectivity index (χ3v) is 5.72. The van der Waals surface area contributed by atoms with Crippen LogP contribution in [0.5, 0.6) is 11.5 Å². The Kier molecular flexibility index (Phi) is 6.68. The molecule has 1 aromatic heterocycles. The van der Waals surface area contributed by atoms with E-state index in [-0.39, 0.29) is 31.3 Å². The SMILES string of the molecule is COc1ccc(OC)c(N2CC(C(=O)NCc3ccc(-n4ccc(C(F)(F)F)n4)cc3)CC2=O)c1. The molecule has 2 heterocycles. The molecule has 3 aromatic rings. The Morgan fingerprint density at radius 3 is 2.49 bits per heavy atom. The summed E-state index contributed by atoms with van der Waals surface area (Å²) in [5, 5.41) is 6.36. The van der Waals surface area contributed by atoms with Crippen molar-refractivity contribution in [2.24, 2.45) is 5.92 Å². The maximum Gasteiger partial charge on any atom is 0.435 e. The van der Waals surface area contributed by atoms with E-state index in [0.29, 0.717) is 22.9 Å². The lowest BCUT2D eigenvalue weighted by Crippen LogP contribution is -2.32. The lowest BCUT2D eigenvalue weighted by atomic mass is 10.1. The predicted molar refractivity (Wildman–Crippen MR) is 120 cm³/mol. The van der Waals surface area contributed by atoms with Crippen molar-refractivity contribution in [3.8, 4) is 17.2 Å². The van der Waals surface area contributed by atoms with E-state index in [0.717, 1.165) is 16.3 Å². The van der Waals surface area contributed by atoms with Gasteiger partial charge in [-0.1, -0.05) is 12.1 Å². The Morgan fingerprint density at radius 1 is 1.11 bits per heavy atom. The Bertz CT molecular complexity index is 1220. The van der Waals surface area contributed by atoms with E-state index in [1.165, 1.54) is 25.3 Å². The molecule has 1 fully saturated rings. The number of ether oxygens (including phenoxy) is 2. The van der Waals surface area contributed by atoms with Gasteiger partial charge in [-0.05, 0) is 35.9 Å². The molecule has 1 aliphatic heterocycles. The third-order valence-electron chi connectivity index (χ3n) is 5.72. The first-order chi connectivity index (χ1) is 16.7. The average Bonchev–Trinajstić information content (AvgIpc) is 3.50. The van der Waals surface area contributed by atoms with Crippen molar-refractivity contribution in [2.75, 3.05) is 25.7 Å². The Morgan fingerprint density at radius 2 is 1.86 bits per heavy atom. The summed E-state index contributed by atoms with van der Waals surface area (Å²) in [5.74, 6) is 0.0595. The molecule has 2 aromatic carbocycles.